The van der Waals surface area contributed by atoms with E-state index >= 15 is 0 Å². The minimum atomic E-state index is -0.957. The van der Waals surface area contributed by atoms with Crippen LogP contribution < -0.4 is 0 Å². The average Bonchev–Trinajstić information content (AvgIpc) is 2.54. The van der Waals surface area contributed by atoms with E-state index in [2.05, 4.69) is 0 Å². The molecule has 0 saturated carbocycles. The molecule has 0 radical (unpaired) electrons. The summed E-state index contributed by atoms with van der Waals surface area (Å²) in [5.41, 5.74) is 2.51. The smallest absolute Gasteiger partial charge is 0.263 e. The standard InChI is InChI=1S/C17H11N3O2/c18-9-11(10-19)16-12-5-1-3-7-14(12)17(20(21)22)15-8-4-2-6-13(15)16/h1-8,11,16-17H. The van der Waals surface area contributed by atoms with E-state index in [-0.39, 0.29) is 4.92 Å². The van der Waals surface area contributed by atoms with Crippen molar-refractivity contribution in [1.29, 1.82) is 10.5 Å². The first-order valence-corrected chi connectivity index (χ1v) is 6.79. The summed E-state index contributed by atoms with van der Waals surface area (Å²) >= 11 is 0. The fraction of sp³-hybridized carbons (Fsp3) is 0.176. The van der Waals surface area contributed by atoms with Crippen LogP contribution in [0, 0.1) is 38.7 Å². The first-order valence-electron chi connectivity index (χ1n) is 6.79. The number of rotatable bonds is 2. The molecule has 1 aliphatic carbocycles. The van der Waals surface area contributed by atoms with E-state index in [4.69, 9.17) is 0 Å². The third-order valence-electron chi connectivity index (χ3n) is 4.07. The summed E-state index contributed by atoms with van der Waals surface area (Å²) in [6.45, 7) is 0. The SMILES string of the molecule is N#CC(C#N)C1c2ccccc2C([N+](=O)[O-])c2ccccc21. The maximum atomic E-state index is 11.6. The van der Waals surface area contributed by atoms with Crippen molar-refractivity contribution in [1.82, 2.24) is 0 Å². The number of benzene rings is 2. The monoisotopic (exact) mass is 289 g/mol. The molecule has 0 atom stereocenters. The molecule has 0 amide bonds. The van der Waals surface area contributed by atoms with Crippen LogP contribution in [0.5, 0.6) is 0 Å². The Hall–Kier alpha value is -3.18. The summed E-state index contributed by atoms with van der Waals surface area (Å²) in [7, 11) is 0. The van der Waals surface area contributed by atoms with E-state index in [1.807, 2.05) is 12.1 Å². The number of hydrogen-bond acceptors (Lipinski definition) is 4. The lowest BCUT2D eigenvalue weighted by atomic mass is 9.71. The minimum Gasteiger partial charge on any atom is -0.264 e. The maximum Gasteiger partial charge on any atom is 0.263 e. The molecule has 0 saturated heterocycles. The zero-order valence-corrected chi connectivity index (χ0v) is 11.5. The Labute approximate surface area is 127 Å². The zero-order valence-electron chi connectivity index (χ0n) is 11.5. The molecule has 3 rings (SSSR count). The number of nitriles is 2. The lowest BCUT2D eigenvalue weighted by Crippen LogP contribution is -2.26. The van der Waals surface area contributed by atoms with E-state index in [1.54, 1.807) is 48.5 Å². The predicted octanol–water partition coefficient (Wildman–Crippen LogP) is 3.16. The molecule has 5 nitrogen and oxygen atoms in total. The molecule has 0 bridgehead atoms. The highest BCUT2D eigenvalue weighted by atomic mass is 16.6. The van der Waals surface area contributed by atoms with Gasteiger partial charge in [0.05, 0.1) is 12.1 Å². The minimum absolute atomic E-state index is 0.318. The van der Waals surface area contributed by atoms with Crippen LogP contribution in [-0.4, -0.2) is 4.92 Å². The van der Waals surface area contributed by atoms with Crippen molar-refractivity contribution < 1.29 is 4.92 Å². The Morgan fingerprint density at radius 1 is 0.909 bits per heavy atom. The molecule has 0 fully saturated rings. The first-order chi connectivity index (χ1) is 10.7. The van der Waals surface area contributed by atoms with Crippen molar-refractivity contribution in [3.05, 3.63) is 80.9 Å². The van der Waals surface area contributed by atoms with Gasteiger partial charge in [-0.2, -0.15) is 10.5 Å². The third-order valence-corrected chi connectivity index (χ3v) is 4.07. The Morgan fingerprint density at radius 2 is 1.32 bits per heavy atom. The van der Waals surface area contributed by atoms with Crippen molar-refractivity contribution >= 4 is 0 Å². The predicted molar refractivity (Wildman–Crippen MR) is 78.3 cm³/mol. The summed E-state index contributed by atoms with van der Waals surface area (Å²) in [6.07, 6.45) is 0. The van der Waals surface area contributed by atoms with Crippen molar-refractivity contribution in [3.8, 4) is 12.1 Å². The summed E-state index contributed by atoms with van der Waals surface area (Å²) in [6, 6.07) is 17.1. The Morgan fingerprint density at radius 3 is 1.68 bits per heavy atom. The normalized spacial score (nSPS) is 18.7. The van der Waals surface area contributed by atoms with Crippen LogP contribution in [0.3, 0.4) is 0 Å². The van der Waals surface area contributed by atoms with Gasteiger partial charge in [-0.05, 0) is 11.1 Å². The molecule has 0 aliphatic heterocycles. The summed E-state index contributed by atoms with van der Waals surface area (Å²) in [5, 5.41) is 30.2. The van der Waals surface area contributed by atoms with E-state index in [0.717, 1.165) is 0 Å². The molecule has 2 aromatic rings. The van der Waals surface area contributed by atoms with Crippen LogP contribution in [0.4, 0.5) is 0 Å². The van der Waals surface area contributed by atoms with Crippen molar-refractivity contribution in [3.63, 3.8) is 0 Å². The lowest BCUT2D eigenvalue weighted by molar-refractivity contribution is -0.517. The van der Waals surface area contributed by atoms with E-state index in [1.165, 1.54) is 0 Å². The van der Waals surface area contributed by atoms with Gasteiger partial charge in [-0.25, -0.2) is 0 Å². The molecule has 0 N–H and O–H groups in total. The van der Waals surface area contributed by atoms with Gasteiger partial charge in [0.25, 0.3) is 6.04 Å². The van der Waals surface area contributed by atoms with Crippen molar-refractivity contribution in [2.24, 2.45) is 5.92 Å². The van der Waals surface area contributed by atoms with Gasteiger partial charge in [0.2, 0.25) is 0 Å². The largest absolute Gasteiger partial charge is 0.264 e. The molecule has 0 spiro atoms. The van der Waals surface area contributed by atoms with Crippen LogP contribution >= 0.6 is 0 Å². The zero-order chi connectivity index (χ0) is 15.7. The van der Waals surface area contributed by atoms with Gasteiger partial charge in [-0.15, -0.1) is 0 Å². The second-order valence-corrected chi connectivity index (χ2v) is 5.16. The van der Waals surface area contributed by atoms with Crippen LogP contribution in [0.25, 0.3) is 0 Å². The first kappa shape index (κ1) is 13.8. The highest BCUT2D eigenvalue weighted by Crippen LogP contribution is 2.46. The van der Waals surface area contributed by atoms with Crippen LogP contribution in [0.2, 0.25) is 0 Å². The molecule has 2 aromatic carbocycles. The Balaban J connectivity index is 2.33. The van der Waals surface area contributed by atoms with Gasteiger partial charge >= 0.3 is 0 Å². The number of nitrogens with zero attached hydrogens (tertiary/aromatic N) is 3. The van der Waals surface area contributed by atoms with Gasteiger partial charge in [0.15, 0.2) is 0 Å². The molecule has 22 heavy (non-hydrogen) atoms. The van der Waals surface area contributed by atoms with Gasteiger partial charge in [0.1, 0.15) is 5.92 Å². The van der Waals surface area contributed by atoms with E-state index < -0.39 is 17.9 Å². The van der Waals surface area contributed by atoms with Crippen LogP contribution in [0.1, 0.15) is 34.2 Å². The van der Waals surface area contributed by atoms with E-state index in [0.29, 0.717) is 22.3 Å². The molecule has 1 aliphatic rings. The highest BCUT2D eigenvalue weighted by Gasteiger charge is 2.41. The molecule has 106 valence electrons. The van der Waals surface area contributed by atoms with Crippen LogP contribution in [0.15, 0.2) is 48.5 Å². The maximum absolute atomic E-state index is 11.6. The number of hydrogen-bond donors (Lipinski definition) is 0. The quantitative estimate of drug-likeness (QED) is 0.627. The summed E-state index contributed by atoms with van der Waals surface area (Å²) in [5.74, 6) is -1.34. The second-order valence-electron chi connectivity index (χ2n) is 5.16. The topological polar surface area (TPSA) is 90.7 Å². The van der Waals surface area contributed by atoms with Gasteiger partial charge < -0.3 is 0 Å². The van der Waals surface area contributed by atoms with E-state index in [9.17, 15) is 20.6 Å². The molecule has 0 unspecified atom stereocenters. The average molecular weight is 289 g/mol. The second kappa shape index (κ2) is 5.31. The summed E-state index contributed by atoms with van der Waals surface area (Å²) < 4.78 is 0. The van der Waals surface area contributed by atoms with Gasteiger partial charge in [-0.3, -0.25) is 10.1 Å². The Kier molecular flexibility index (Phi) is 3.33. The van der Waals surface area contributed by atoms with Crippen LogP contribution in [-0.2, 0) is 0 Å². The number of fused-ring (bicyclic) bond motifs is 2. The Bertz CT molecular complexity index is 771. The highest BCUT2D eigenvalue weighted by molar-refractivity contribution is 5.53. The molecular formula is C17H11N3O2. The van der Waals surface area contributed by atoms with Crippen molar-refractivity contribution in [2.45, 2.75) is 12.0 Å². The third kappa shape index (κ3) is 1.92. The lowest BCUT2D eigenvalue weighted by Gasteiger charge is -2.30. The molecule has 5 heteroatoms. The molecular weight excluding hydrogens is 278 g/mol. The molecule has 0 heterocycles. The van der Waals surface area contributed by atoms with Crippen molar-refractivity contribution in [2.75, 3.05) is 0 Å². The van der Waals surface area contributed by atoms with Gasteiger partial charge in [0, 0.05) is 22.0 Å². The molecule has 0 aromatic heterocycles. The number of nitro groups is 1. The fourth-order valence-electron chi connectivity index (χ4n) is 3.19. The fourth-order valence-corrected chi connectivity index (χ4v) is 3.19. The summed E-state index contributed by atoms with van der Waals surface area (Å²) in [4.78, 5) is 11.3. The van der Waals surface area contributed by atoms with Gasteiger partial charge in [-0.1, -0.05) is 48.5 Å².